The Balaban J connectivity index is 1.99. The van der Waals surface area contributed by atoms with Gasteiger partial charge in [0.25, 0.3) is 0 Å². The van der Waals surface area contributed by atoms with Crippen LogP contribution in [-0.2, 0) is 0 Å². The highest BCUT2D eigenvalue weighted by molar-refractivity contribution is 6.32. The Kier molecular flexibility index (Phi) is 5.91. The van der Waals surface area contributed by atoms with E-state index in [4.69, 9.17) is 16.3 Å². The fourth-order valence-electron chi connectivity index (χ4n) is 2.90. The maximum absolute atomic E-state index is 12.4. The van der Waals surface area contributed by atoms with Gasteiger partial charge < -0.3 is 20.1 Å². The maximum atomic E-state index is 12.4. The number of carbonyl (C=O) groups excluding carboxylic acids is 1. The first kappa shape index (κ1) is 16.9. The first-order chi connectivity index (χ1) is 10.6. The summed E-state index contributed by atoms with van der Waals surface area (Å²) in [4.78, 5) is 14.1. The zero-order chi connectivity index (χ0) is 16.1. The van der Waals surface area contributed by atoms with Crippen molar-refractivity contribution in [1.82, 2.24) is 4.90 Å². The quantitative estimate of drug-likeness (QED) is 0.891. The van der Waals surface area contributed by atoms with Crippen molar-refractivity contribution in [3.8, 4) is 5.75 Å². The van der Waals surface area contributed by atoms with E-state index >= 15 is 0 Å². The fourth-order valence-corrected chi connectivity index (χ4v) is 3.15. The van der Waals surface area contributed by atoms with Gasteiger partial charge >= 0.3 is 6.03 Å². The summed E-state index contributed by atoms with van der Waals surface area (Å²) in [6, 6.07) is 5.28. The largest absolute Gasteiger partial charge is 0.493 e. The molecule has 0 saturated heterocycles. The second-order valence-corrected chi connectivity index (χ2v) is 6.13. The molecule has 5 nitrogen and oxygen atoms in total. The van der Waals surface area contributed by atoms with Gasteiger partial charge in [-0.3, -0.25) is 0 Å². The predicted molar refractivity (Wildman–Crippen MR) is 87.6 cm³/mol. The van der Waals surface area contributed by atoms with Gasteiger partial charge in [0.05, 0.1) is 17.8 Å². The molecule has 2 rings (SSSR count). The van der Waals surface area contributed by atoms with Crippen LogP contribution in [-0.4, -0.2) is 42.8 Å². The standard InChI is InChI=1S/C16H23ClN2O3/c1-19(12-8-6-11(10-20)7-9-12)16(21)18-14-5-3-4-13(17)15(14)22-2/h3-5,11-12,20H,6-10H2,1-2H3,(H,18,21). The number of para-hydroxylation sites is 1. The molecule has 22 heavy (non-hydrogen) atoms. The molecule has 0 spiro atoms. The summed E-state index contributed by atoms with van der Waals surface area (Å²) >= 11 is 6.06. The molecule has 0 atom stereocenters. The Morgan fingerprint density at radius 2 is 2.09 bits per heavy atom. The highest BCUT2D eigenvalue weighted by Gasteiger charge is 2.26. The number of aliphatic hydroxyl groups excluding tert-OH is 1. The molecule has 0 aliphatic heterocycles. The van der Waals surface area contributed by atoms with Gasteiger partial charge in [-0.05, 0) is 43.7 Å². The van der Waals surface area contributed by atoms with E-state index in [-0.39, 0.29) is 18.7 Å². The minimum absolute atomic E-state index is 0.173. The van der Waals surface area contributed by atoms with Crippen molar-refractivity contribution in [2.45, 2.75) is 31.7 Å². The third-order valence-electron chi connectivity index (χ3n) is 4.36. The molecule has 2 N–H and O–H groups in total. The molecule has 0 aromatic heterocycles. The predicted octanol–water partition coefficient (Wildman–Crippen LogP) is 3.36. The van der Waals surface area contributed by atoms with Crippen molar-refractivity contribution < 1.29 is 14.6 Å². The zero-order valence-electron chi connectivity index (χ0n) is 13.0. The summed E-state index contributed by atoms with van der Waals surface area (Å²) < 4.78 is 5.24. The monoisotopic (exact) mass is 326 g/mol. The lowest BCUT2D eigenvalue weighted by atomic mass is 9.86. The van der Waals surface area contributed by atoms with E-state index in [9.17, 15) is 9.90 Å². The number of rotatable bonds is 4. The van der Waals surface area contributed by atoms with E-state index in [1.807, 2.05) is 0 Å². The van der Waals surface area contributed by atoms with Crippen molar-refractivity contribution in [3.05, 3.63) is 23.2 Å². The van der Waals surface area contributed by atoms with Crippen molar-refractivity contribution in [1.29, 1.82) is 0 Å². The molecule has 0 bridgehead atoms. The number of benzene rings is 1. The summed E-state index contributed by atoms with van der Waals surface area (Å²) in [6.07, 6.45) is 3.75. The number of aliphatic hydroxyl groups is 1. The second kappa shape index (κ2) is 7.70. The van der Waals surface area contributed by atoms with Gasteiger partial charge in [0.15, 0.2) is 5.75 Å². The van der Waals surface area contributed by atoms with Crippen LogP contribution in [0.2, 0.25) is 5.02 Å². The van der Waals surface area contributed by atoms with Gasteiger partial charge in [-0.25, -0.2) is 4.79 Å². The number of nitrogens with one attached hydrogen (secondary N) is 1. The number of methoxy groups -OCH3 is 1. The molecule has 1 aromatic carbocycles. The number of anilines is 1. The SMILES string of the molecule is COc1c(Cl)cccc1NC(=O)N(C)C1CCC(CO)CC1. The van der Waals surface area contributed by atoms with Crippen molar-refractivity contribution in [3.63, 3.8) is 0 Å². The van der Waals surface area contributed by atoms with E-state index in [0.717, 1.165) is 25.7 Å². The molecule has 1 aliphatic carbocycles. The van der Waals surface area contributed by atoms with Crippen LogP contribution in [0.25, 0.3) is 0 Å². The molecule has 0 unspecified atom stereocenters. The first-order valence-electron chi connectivity index (χ1n) is 7.54. The molecule has 1 saturated carbocycles. The first-order valence-corrected chi connectivity index (χ1v) is 7.91. The van der Waals surface area contributed by atoms with E-state index in [0.29, 0.717) is 22.4 Å². The number of carbonyl (C=O) groups is 1. The number of amides is 2. The van der Waals surface area contributed by atoms with Crippen LogP contribution in [0, 0.1) is 5.92 Å². The van der Waals surface area contributed by atoms with Crippen LogP contribution in [0.15, 0.2) is 18.2 Å². The average molecular weight is 327 g/mol. The molecule has 6 heteroatoms. The van der Waals surface area contributed by atoms with Gasteiger partial charge in [-0.15, -0.1) is 0 Å². The lowest BCUT2D eigenvalue weighted by Gasteiger charge is -2.34. The average Bonchev–Trinajstić information content (AvgIpc) is 2.54. The summed E-state index contributed by atoms with van der Waals surface area (Å²) in [7, 11) is 3.33. The summed E-state index contributed by atoms with van der Waals surface area (Å²) in [5, 5.41) is 12.5. The molecular weight excluding hydrogens is 304 g/mol. The topological polar surface area (TPSA) is 61.8 Å². The van der Waals surface area contributed by atoms with E-state index in [1.165, 1.54) is 7.11 Å². The van der Waals surface area contributed by atoms with E-state index < -0.39 is 0 Å². The van der Waals surface area contributed by atoms with Gasteiger partial charge in [0.2, 0.25) is 0 Å². The number of halogens is 1. The summed E-state index contributed by atoms with van der Waals surface area (Å²) in [6.45, 7) is 0.238. The van der Waals surface area contributed by atoms with Gasteiger partial charge in [-0.1, -0.05) is 17.7 Å². The highest BCUT2D eigenvalue weighted by Crippen LogP contribution is 2.33. The molecule has 122 valence electrons. The van der Waals surface area contributed by atoms with Crippen LogP contribution in [0.1, 0.15) is 25.7 Å². The third-order valence-corrected chi connectivity index (χ3v) is 4.65. The van der Waals surface area contributed by atoms with Gasteiger partial charge in [0.1, 0.15) is 0 Å². The Morgan fingerprint density at radius 3 is 2.68 bits per heavy atom. The number of ether oxygens (including phenoxy) is 1. The zero-order valence-corrected chi connectivity index (χ0v) is 13.8. The Morgan fingerprint density at radius 1 is 1.41 bits per heavy atom. The normalized spacial score (nSPS) is 21.3. The van der Waals surface area contributed by atoms with Crippen LogP contribution in [0.4, 0.5) is 10.5 Å². The molecule has 1 aromatic rings. The minimum Gasteiger partial charge on any atom is -0.493 e. The van der Waals surface area contributed by atoms with Crippen molar-refractivity contribution >= 4 is 23.3 Å². The Bertz CT molecular complexity index is 516. The number of hydrogen-bond acceptors (Lipinski definition) is 3. The van der Waals surface area contributed by atoms with E-state index in [2.05, 4.69) is 5.32 Å². The van der Waals surface area contributed by atoms with Crippen molar-refractivity contribution in [2.75, 3.05) is 26.1 Å². The maximum Gasteiger partial charge on any atom is 0.321 e. The number of nitrogens with zero attached hydrogens (tertiary/aromatic N) is 1. The fraction of sp³-hybridized carbons (Fsp3) is 0.562. The number of urea groups is 1. The minimum atomic E-state index is -0.173. The lowest BCUT2D eigenvalue weighted by Crippen LogP contribution is -2.42. The molecule has 2 amide bonds. The Hall–Kier alpha value is -1.46. The molecular formula is C16H23ClN2O3. The van der Waals surface area contributed by atoms with Gasteiger partial charge in [-0.2, -0.15) is 0 Å². The number of hydrogen-bond donors (Lipinski definition) is 2. The summed E-state index contributed by atoms with van der Waals surface area (Å²) in [5.74, 6) is 0.843. The van der Waals surface area contributed by atoms with Crippen LogP contribution < -0.4 is 10.1 Å². The molecule has 1 fully saturated rings. The van der Waals surface area contributed by atoms with Gasteiger partial charge in [0, 0.05) is 19.7 Å². The smallest absolute Gasteiger partial charge is 0.321 e. The van der Waals surface area contributed by atoms with E-state index in [1.54, 1.807) is 30.1 Å². The second-order valence-electron chi connectivity index (χ2n) is 5.72. The Labute approximate surface area is 136 Å². The highest BCUT2D eigenvalue weighted by atomic mass is 35.5. The van der Waals surface area contributed by atoms with Crippen LogP contribution >= 0.6 is 11.6 Å². The third kappa shape index (κ3) is 3.84. The van der Waals surface area contributed by atoms with Crippen LogP contribution in [0.3, 0.4) is 0 Å². The summed E-state index contributed by atoms with van der Waals surface area (Å²) in [5.41, 5.74) is 0.566. The molecule has 1 aliphatic rings. The molecule has 0 heterocycles. The lowest BCUT2D eigenvalue weighted by molar-refractivity contribution is 0.139. The van der Waals surface area contributed by atoms with Crippen LogP contribution in [0.5, 0.6) is 5.75 Å². The van der Waals surface area contributed by atoms with Crippen molar-refractivity contribution in [2.24, 2.45) is 5.92 Å². The molecule has 0 radical (unpaired) electrons.